The van der Waals surface area contributed by atoms with E-state index in [9.17, 15) is 10.2 Å². The van der Waals surface area contributed by atoms with Gasteiger partial charge >= 0.3 is 0 Å². The van der Waals surface area contributed by atoms with Crippen LogP contribution < -0.4 is 0 Å². The molecule has 5 fully saturated rings. The zero-order chi connectivity index (χ0) is 20.2. The summed E-state index contributed by atoms with van der Waals surface area (Å²) in [6.07, 6.45) is 11.9. The van der Waals surface area contributed by atoms with Gasteiger partial charge in [-0.2, -0.15) is 0 Å². The number of fused-ring (bicyclic) bond motifs is 5. The third-order valence-electron chi connectivity index (χ3n) is 10.3. The lowest BCUT2D eigenvalue weighted by molar-refractivity contribution is -0.228. The van der Waals surface area contributed by atoms with Crippen LogP contribution in [0.1, 0.15) is 84.5 Å². The Morgan fingerprint density at radius 1 is 0.966 bits per heavy atom. The number of aliphatic hydroxyl groups is 2. The van der Waals surface area contributed by atoms with Crippen LogP contribution in [0, 0.1) is 40.4 Å². The van der Waals surface area contributed by atoms with Crippen molar-refractivity contribution in [1.82, 2.24) is 0 Å². The highest BCUT2D eigenvalue weighted by Gasteiger charge is 2.63. The summed E-state index contributed by atoms with van der Waals surface area (Å²) in [5, 5.41) is 21.3. The lowest BCUT2D eigenvalue weighted by Crippen LogP contribution is -2.59. The van der Waals surface area contributed by atoms with Gasteiger partial charge in [-0.1, -0.05) is 13.8 Å². The summed E-state index contributed by atoms with van der Waals surface area (Å²) in [6.45, 7) is 6.48. The molecule has 0 spiro atoms. The first-order chi connectivity index (χ1) is 13.9. The molecule has 29 heavy (non-hydrogen) atoms. The largest absolute Gasteiger partial charge is 0.393 e. The first-order valence-corrected chi connectivity index (χ1v) is 12.5. The first-order valence-electron chi connectivity index (χ1n) is 12.5. The minimum atomic E-state index is -0.134. The van der Waals surface area contributed by atoms with E-state index in [1.807, 2.05) is 0 Å². The van der Waals surface area contributed by atoms with Gasteiger partial charge in [0, 0.05) is 6.61 Å². The van der Waals surface area contributed by atoms with E-state index in [4.69, 9.17) is 9.47 Å². The van der Waals surface area contributed by atoms with E-state index in [0.29, 0.717) is 29.6 Å². The quantitative estimate of drug-likeness (QED) is 0.723. The molecular weight excluding hydrogens is 364 g/mol. The third-order valence-corrected chi connectivity index (χ3v) is 10.3. The van der Waals surface area contributed by atoms with Gasteiger partial charge in [0.2, 0.25) is 0 Å². The fourth-order valence-corrected chi connectivity index (χ4v) is 8.76. The van der Waals surface area contributed by atoms with Crippen LogP contribution in [0.25, 0.3) is 0 Å². The van der Waals surface area contributed by atoms with Gasteiger partial charge in [-0.25, -0.2) is 0 Å². The maximum absolute atomic E-state index is 10.8. The van der Waals surface area contributed by atoms with Crippen LogP contribution in [0.5, 0.6) is 0 Å². The molecular formula is C25H42O4. The predicted molar refractivity (Wildman–Crippen MR) is 112 cm³/mol. The van der Waals surface area contributed by atoms with E-state index in [-0.39, 0.29) is 29.3 Å². The molecule has 2 N–H and O–H groups in total. The molecule has 4 heteroatoms. The number of hydrogen-bond donors (Lipinski definition) is 2. The SMILES string of the molecule is C[C@@H]1C[C@H]2C[C@@H](O)CC[C@]2(COC2CCCCO2)[C@H]2CC[C@]3(C)[C@@H](O)CC[C@H]3[C@H]12. The Hall–Kier alpha value is -0.160. The highest BCUT2D eigenvalue weighted by molar-refractivity contribution is 5.12. The zero-order valence-electron chi connectivity index (χ0n) is 18.5. The summed E-state index contributed by atoms with van der Waals surface area (Å²) in [7, 11) is 0. The minimum Gasteiger partial charge on any atom is -0.393 e. The maximum Gasteiger partial charge on any atom is 0.157 e. The molecule has 1 saturated heterocycles. The first kappa shape index (κ1) is 20.7. The Bertz CT molecular complexity index is 589. The van der Waals surface area contributed by atoms with Gasteiger partial charge in [0.05, 0.1) is 18.8 Å². The van der Waals surface area contributed by atoms with Crippen LogP contribution in [0.2, 0.25) is 0 Å². The molecule has 1 aliphatic heterocycles. The number of rotatable bonds is 3. The van der Waals surface area contributed by atoms with Crippen LogP contribution in [0.15, 0.2) is 0 Å². The second-order valence-corrected chi connectivity index (χ2v) is 11.6. The zero-order valence-corrected chi connectivity index (χ0v) is 18.5. The van der Waals surface area contributed by atoms with Crippen LogP contribution in [-0.2, 0) is 9.47 Å². The van der Waals surface area contributed by atoms with Crippen molar-refractivity contribution in [1.29, 1.82) is 0 Å². The van der Waals surface area contributed by atoms with Gasteiger partial charge in [0.25, 0.3) is 0 Å². The van der Waals surface area contributed by atoms with Gasteiger partial charge in [-0.15, -0.1) is 0 Å². The van der Waals surface area contributed by atoms with Gasteiger partial charge < -0.3 is 19.7 Å². The summed E-state index contributed by atoms with van der Waals surface area (Å²) >= 11 is 0. The molecule has 4 nitrogen and oxygen atoms in total. The fraction of sp³-hybridized carbons (Fsp3) is 1.00. The number of aliphatic hydroxyl groups excluding tert-OH is 2. The van der Waals surface area contributed by atoms with Crippen LogP contribution in [0.4, 0.5) is 0 Å². The van der Waals surface area contributed by atoms with Crippen molar-refractivity contribution in [3.05, 3.63) is 0 Å². The average molecular weight is 407 g/mol. The van der Waals surface area contributed by atoms with Crippen molar-refractivity contribution >= 4 is 0 Å². The van der Waals surface area contributed by atoms with Crippen LogP contribution in [-0.4, -0.2) is 41.9 Å². The maximum atomic E-state index is 10.8. The molecule has 166 valence electrons. The molecule has 4 aliphatic carbocycles. The van der Waals surface area contributed by atoms with Crippen molar-refractivity contribution in [3.63, 3.8) is 0 Å². The normalized spacial score (nSPS) is 55.0. The van der Waals surface area contributed by atoms with Crippen LogP contribution in [0.3, 0.4) is 0 Å². The summed E-state index contributed by atoms with van der Waals surface area (Å²) in [5.41, 5.74) is 0.317. The third kappa shape index (κ3) is 3.32. The second-order valence-electron chi connectivity index (χ2n) is 11.6. The smallest absolute Gasteiger partial charge is 0.157 e. The van der Waals surface area contributed by atoms with Crippen molar-refractivity contribution in [2.45, 2.75) is 103 Å². The van der Waals surface area contributed by atoms with E-state index in [1.165, 1.54) is 25.7 Å². The molecule has 0 bridgehead atoms. The summed E-state index contributed by atoms with van der Waals surface area (Å²) in [5.74, 6) is 3.29. The standard InChI is InChI=1S/C25H42O4/c1-16-13-17-14-18(26)8-11-25(17,15-29-22-5-3-4-12-28-22)20-9-10-24(2)19(23(16)20)6-7-21(24)27/h16-23,26-27H,3-15H2,1-2H3/t16-,17+,18+,19+,20+,21+,22?,23+,24+,25-/m1/s1. The monoisotopic (exact) mass is 406 g/mol. The fourth-order valence-electron chi connectivity index (χ4n) is 8.76. The van der Waals surface area contributed by atoms with E-state index in [1.54, 1.807) is 0 Å². The Morgan fingerprint density at radius 3 is 2.62 bits per heavy atom. The highest BCUT2D eigenvalue weighted by Crippen LogP contribution is 2.67. The molecule has 0 aromatic heterocycles. The number of ether oxygens (including phenoxy) is 2. The Labute approximate surface area is 176 Å². The highest BCUT2D eigenvalue weighted by atomic mass is 16.7. The molecule has 0 aromatic carbocycles. The molecule has 0 radical (unpaired) electrons. The van der Waals surface area contributed by atoms with E-state index < -0.39 is 0 Å². The number of hydrogen-bond acceptors (Lipinski definition) is 4. The van der Waals surface area contributed by atoms with Crippen molar-refractivity contribution in [2.24, 2.45) is 40.4 Å². The van der Waals surface area contributed by atoms with Gasteiger partial charge in [0.1, 0.15) is 0 Å². The van der Waals surface area contributed by atoms with Crippen molar-refractivity contribution in [2.75, 3.05) is 13.2 Å². The van der Waals surface area contributed by atoms with Crippen molar-refractivity contribution in [3.8, 4) is 0 Å². The Morgan fingerprint density at radius 2 is 1.83 bits per heavy atom. The Kier molecular flexibility index (Phi) is 5.55. The average Bonchev–Trinajstić information content (AvgIpc) is 3.02. The lowest BCUT2D eigenvalue weighted by atomic mass is 9.42. The topological polar surface area (TPSA) is 58.9 Å². The predicted octanol–water partition coefficient (Wildman–Crippen LogP) is 4.52. The van der Waals surface area contributed by atoms with E-state index in [2.05, 4.69) is 13.8 Å². The van der Waals surface area contributed by atoms with Gasteiger partial charge in [-0.05, 0) is 111 Å². The van der Waals surface area contributed by atoms with E-state index >= 15 is 0 Å². The molecule has 1 unspecified atom stereocenters. The summed E-state index contributed by atoms with van der Waals surface area (Å²) < 4.78 is 12.4. The van der Waals surface area contributed by atoms with Crippen molar-refractivity contribution < 1.29 is 19.7 Å². The molecule has 1 heterocycles. The lowest BCUT2D eigenvalue weighted by Gasteiger charge is -2.63. The summed E-state index contributed by atoms with van der Waals surface area (Å²) in [4.78, 5) is 0. The molecule has 0 aromatic rings. The molecule has 5 rings (SSSR count). The molecule has 10 atom stereocenters. The van der Waals surface area contributed by atoms with E-state index in [0.717, 1.165) is 58.2 Å². The molecule has 0 amide bonds. The second kappa shape index (κ2) is 7.76. The molecule has 4 saturated carbocycles. The Balaban J connectivity index is 1.43. The van der Waals surface area contributed by atoms with Gasteiger partial charge in [0.15, 0.2) is 6.29 Å². The van der Waals surface area contributed by atoms with Crippen LogP contribution >= 0.6 is 0 Å². The van der Waals surface area contributed by atoms with Gasteiger partial charge in [-0.3, -0.25) is 0 Å². The minimum absolute atomic E-state index is 0.0226. The summed E-state index contributed by atoms with van der Waals surface area (Å²) in [6, 6.07) is 0. The molecule has 5 aliphatic rings.